The van der Waals surface area contributed by atoms with E-state index in [-0.39, 0.29) is 35.0 Å². The van der Waals surface area contributed by atoms with Crippen molar-refractivity contribution in [3.63, 3.8) is 0 Å². The molecule has 0 aliphatic rings. The summed E-state index contributed by atoms with van der Waals surface area (Å²) in [6.45, 7) is 6.89. The molecule has 0 saturated heterocycles. The number of hydrogen-bond donors (Lipinski definition) is 1. The standard InChI is InChI=1S/C9H21S.Na.HO3P.H2O/c1-4-7-10(8-5-2)9-6-3;;1-4(2)3;/h4-9H2,1-3H3;;(H,1,2,3);1H2/q2*+1;;/p-1. The van der Waals surface area contributed by atoms with E-state index in [9.17, 15) is 0 Å². The molecule has 0 spiro atoms. The number of rotatable bonds is 6. The molecule has 0 heterocycles. The van der Waals surface area contributed by atoms with Crippen LogP contribution < -0.4 is 34.5 Å². The minimum atomic E-state index is -3.12. The van der Waals surface area contributed by atoms with Crippen molar-refractivity contribution in [1.82, 2.24) is 0 Å². The Bertz CT molecular complexity index is 122. The van der Waals surface area contributed by atoms with E-state index in [4.69, 9.17) is 14.4 Å². The van der Waals surface area contributed by atoms with Crippen molar-refractivity contribution in [2.24, 2.45) is 0 Å². The first-order valence-electron chi connectivity index (χ1n) is 5.05. The average molecular weight is 281 g/mol. The topological polar surface area (TPSA) is 90.4 Å². The maximum absolute atomic E-state index is 8.59. The first kappa shape index (κ1) is 26.0. The minimum absolute atomic E-state index is 0. The Morgan fingerprint density at radius 3 is 1.38 bits per heavy atom. The second kappa shape index (κ2) is 21.6. The van der Waals surface area contributed by atoms with Crippen molar-refractivity contribution >= 4 is 19.1 Å². The fraction of sp³-hybridized carbons (Fsp3) is 1.00. The van der Waals surface area contributed by atoms with Crippen LogP contribution in [0.3, 0.4) is 0 Å². The molecule has 1 unspecified atom stereocenters. The van der Waals surface area contributed by atoms with Crippen molar-refractivity contribution in [3.05, 3.63) is 0 Å². The van der Waals surface area contributed by atoms with Crippen LogP contribution in [0.1, 0.15) is 40.0 Å². The van der Waals surface area contributed by atoms with Gasteiger partial charge in [-0.25, -0.2) is 0 Å². The maximum Gasteiger partial charge on any atom is 1.00 e. The second-order valence-electron chi connectivity index (χ2n) is 2.96. The van der Waals surface area contributed by atoms with Gasteiger partial charge in [0.15, 0.2) is 0 Å². The van der Waals surface area contributed by atoms with Gasteiger partial charge in [0.1, 0.15) is 17.3 Å². The van der Waals surface area contributed by atoms with Gasteiger partial charge in [-0.15, -0.1) is 0 Å². The quantitative estimate of drug-likeness (QED) is 0.370. The fourth-order valence-electron chi connectivity index (χ4n) is 1.17. The zero-order chi connectivity index (χ0) is 11.4. The third-order valence-electron chi connectivity index (χ3n) is 1.48. The average Bonchev–Trinajstić information content (AvgIpc) is 2.04. The molecule has 1 atom stereocenters. The molecule has 4 nitrogen and oxygen atoms in total. The molecule has 0 saturated carbocycles. The van der Waals surface area contributed by atoms with E-state index in [0.717, 1.165) is 10.9 Å². The van der Waals surface area contributed by atoms with Crippen LogP contribution in [-0.2, 0) is 15.5 Å². The van der Waals surface area contributed by atoms with Gasteiger partial charge in [0.25, 0.3) is 0 Å². The van der Waals surface area contributed by atoms with E-state index in [1.165, 1.54) is 36.5 Å². The molecular formula is C9H23NaO4PS+. The maximum atomic E-state index is 8.59. The predicted molar refractivity (Wildman–Crippen MR) is 64.6 cm³/mol. The third kappa shape index (κ3) is 29.5. The molecule has 0 aromatic heterocycles. The molecule has 0 aromatic carbocycles. The Hall–Kier alpha value is 1.33. The van der Waals surface area contributed by atoms with Crippen LogP contribution in [0.4, 0.5) is 0 Å². The Kier molecular flexibility index (Phi) is 35.1. The Labute approximate surface area is 125 Å². The Balaban J connectivity index is -0.000000105. The van der Waals surface area contributed by atoms with Gasteiger partial charge in [-0.05, 0) is 34.7 Å². The van der Waals surface area contributed by atoms with E-state index in [1.54, 1.807) is 0 Å². The molecule has 0 fully saturated rings. The van der Waals surface area contributed by atoms with Crippen molar-refractivity contribution in [3.8, 4) is 0 Å². The Morgan fingerprint density at radius 1 is 1.06 bits per heavy atom. The summed E-state index contributed by atoms with van der Waals surface area (Å²) in [7, 11) is -2.34. The second-order valence-corrected chi connectivity index (χ2v) is 5.89. The first-order valence-corrected chi connectivity index (χ1v) is 7.91. The summed E-state index contributed by atoms with van der Waals surface area (Å²) in [5, 5.41) is 0. The minimum Gasteiger partial charge on any atom is -0.870 e. The predicted octanol–water partition coefficient (Wildman–Crippen LogP) is -1.34. The number of hydrogen-bond acceptors (Lipinski definition) is 3. The summed E-state index contributed by atoms with van der Waals surface area (Å²) in [4.78, 5) is 15.6. The molecule has 0 aliphatic carbocycles. The van der Waals surface area contributed by atoms with Gasteiger partial charge < -0.3 is 10.4 Å². The fourth-order valence-corrected chi connectivity index (χ4v) is 3.52. The van der Waals surface area contributed by atoms with Gasteiger partial charge in [-0.2, -0.15) is 4.89 Å². The van der Waals surface area contributed by atoms with E-state index in [2.05, 4.69) is 20.8 Å². The molecule has 0 radical (unpaired) electrons. The zero-order valence-electron chi connectivity index (χ0n) is 10.8. The molecule has 7 heteroatoms. The molecule has 0 rings (SSSR count). The van der Waals surface area contributed by atoms with Crippen molar-refractivity contribution in [2.45, 2.75) is 40.0 Å². The molecule has 0 bridgehead atoms. The van der Waals surface area contributed by atoms with Gasteiger partial charge in [-0.3, -0.25) is 0 Å². The largest absolute Gasteiger partial charge is 1.00 e. The summed E-state index contributed by atoms with van der Waals surface area (Å²) in [6, 6.07) is 0. The van der Waals surface area contributed by atoms with Crippen molar-refractivity contribution in [2.75, 3.05) is 17.3 Å². The smallest absolute Gasteiger partial charge is 0.870 e. The summed E-state index contributed by atoms with van der Waals surface area (Å²) < 4.78 is 8.59. The van der Waals surface area contributed by atoms with E-state index >= 15 is 0 Å². The first-order chi connectivity index (χ1) is 6.58. The van der Waals surface area contributed by atoms with E-state index < -0.39 is 8.25 Å². The SMILES string of the molecule is CCC[S+](CCC)CCC.O=[P+]([O-])O.[Na+].[OH-]. The van der Waals surface area contributed by atoms with Crippen LogP contribution in [0.2, 0.25) is 0 Å². The molecule has 16 heavy (non-hydrogen) atoms. The van der Waals surface area contributed by atoms with Crippen LogP contribution in [0.25, 0.3) is 0 Å². The van der Waals surface area contributed by atoms with E-state index in [1.807, 2.05) is 0 Å². The van der Waals surface area contributed by atoms with Crippen molar-refractivity contribution < 1.29 is 49.4 Å². The molecule has 0 amide bonds. The Morgan fingerprint density at radius 2 is 1.25 bits per heavy atom. The molecular weight excluding hydrogens is 258 g/mol. The van der Waals surface area contributed by atoms with Gasteiger partial charge in [0, 0.05) is 0 Å². The normalized spacial score (nSPS) is 9.50. The van der Waals surface area contributed by atoms with Gasteiger partial charge in [0.2, 0.25) is 0 Å². The van der Waals surface area contributed by atoms with E-state index in [0.29, 0.717) is 0 Å². The monoisotopic (exact) mass is 281 g/mol. The van der Waals surface area contributed by atoms with Crippen LogP contribution in [0.5, 0.6) is 0 Å². The van der Waals surface area contributed by atoms with Crippen LogP contribution >= 0.6 is 8.25 Å². The molecule has 2 N–H and O–H groups in total. The van der Waals surface area contributed by atoms with Crippen molar-refractivity contribution in [1.29, 1.82) is 0 Å². The van der Waals surface area contributed by atoms with Gasteiger partial charge >= 0.3 is 37.8 Å². The molecule has 0 aliphatic heterocycles. The molecule has 94 valence electrons. The van der Waals surface area contributed by atoms with Gasteiger partial charge in [0.05, 0.1) is 0 Å². The van der Waals surface area contributed by atoms with Crippen LogP contribution in [-0.4, -0.2) is 27.6 Å². The summed E-state index contributed by atoms with van der Waals surface area (Å²) in [5.74, 6) is 4.42. The van der Waals surface area contributed by atoms with Crippen LogP contribution in [0, 0.1) is 0 Å². The zero-order valence-corrected chi connectivity index (χ0v) is 14.5. The summed E-state index contributed by atoms with van der Waals surface area (Å²) in [5.41, 5.74) is 0. The van der Waals surface area contributed by atoms with Crippen LogP contribution in [0.15, 0.2) is 0 Å². The summed E-state index contributed by atoms with van der Waals surface area (Å²) >= 11 is 0. The third-order valence-corrected chi connectivity index (χ3v) is 4.44. The summed E-state index contributed by atoms with van der Waals surface area (Å²) in [6.07, 6.45) is 4.13. The van der Waals surface area contributed by atoms with Gasteiger partial charge in [-0.1, -0.05) is 20.8 Å². The molecule has 0 aromatic rings.